The molecule has 0 atom stereocenters. The summed E-state index contributed by atoms with van der Waals surface area (Å²) in [5.74, 6) is 0. The maximum absolute atomic E-state index is 13.0. The maximum Gasteiger partial charge on any atom is 0.416 e. The molecule has 0 unspecified atom stereocenters. The van der Waals surface area contributed by atoms with Gasteiger partial charge in [-0.1, -0.05) is 107 Å². The van der Waals surface area contributed by atoms with Gasteiger partial charge in [0.2, 0.25) is 0 Å². The topological polar surface area (TPSA) is 34.5 Å². The third kappa shape index (κ3) is 17.4. The van der Waals surface area contributed by atoms with E-state index in [0.29, 0.717) is 170 Å². The van der Waals surface area contributed by atoms with E-state index in [0.717, 1.165) is 87.8 Å². The van der Waals surface area contributed by atoms with E-state index in [4.69, 9.17) is 35.6 Å². The van der Waals surface area contributed by atoms with Crippen molar-refractivity contribution in [2.75, 3.05) is 0 Å². The Morgan fingerprint density at radius 2 is 0.461 bits per heavy atom. The highest BCUT2D eigenvalue weighted by molar-refractivity contribution is 14.1. The lowest BCUT2D eigenvalue weighted by Gasteiger charge is -2.06. The van der Waals surface area contributed by atoms with Crippen molar-refractivity contribution in [2.24, 2.45) is 49.3 Å². The van der Waals surface area contributed by atoms with Gasteiger partial charge < -0.3 is 32.0 Å². The number of hydrogen-bond donors (Lipinski definition) is 0. The summed E-state index contributed by atoms with van der Waals surface area (Å²) in [7, 11) is 12.6. The number of alkyl halides is 3. The van der Waals surface area contributed by atoms with Gasteiger partial charge in [0, 0.05) is 250 Å². The van der Waals surface area contributed by atoms with Crippen molar-refractivity contribution in [3.05, 3.63) is 314 Å². The second kappa shape index (κ2) is 35.1. The van der Waals surface area contributed by atoms with Crippen LogP contribution in [0.2, 0.25) is 0 Å². The average Bonchev–Trinajstić information content (AvgIpc) is 1.56. The quantitative estimate of drug-likeness (QED) is 0.136. The normalized spacial score (nSPS) is 14.8. The van der Waals surface area contributed by atoms with Crippen LogP contribution in [0.25, 0.3) is 153 Å². The third-order valence-corrected chi connectivity index (χ3v) is 25.1. The lowest BCUT2D eigenvalue weighted by molar-refractivity contribution is -0.137. The molecule has 21 rings (SSSR count). The smallest absolute Gasteiger partial charge is 0.344 e. The Balaban J connectivity index is 0.000000124. The molecule has 578 valence electrons. The first-order valence-corrected chi connectivity index (χ1v) is 45.1. The van der Waals surface area contributed by atoms with E-state index in [1.807, 2.05) is 169 Å². The molecule has 0 fully saturated rings. The Hall–Kier alpha value is -5.27. The highest BCUT2D eigenvalue weighted by Crippen LogP contribution is 2.40. The van der Waals surface area contributed by atoms with Crippen LogP contribution in [0.4, 0.5) is 13.2 Å². The van der Waals surface area contributed by atoms with Crippen molar-refractivity contribution in [1.29, 1.82) is 0 Å². The maximum atomic E-state index is 13.0. The predicted octanol–water partition coefficient (Wildman–Crippen LogP) is 32.9. The fourth-order valence-electron chi connectivity index (χ4n) is 13.6. The van der Waals surface area contributed by atoms with Crippen LogP contribution in [0.15, 0.2) is 281 Å². The van der Waals surface area contributed by atoms with Crippen LogP contribution >= 0.6 is 231 Å². The summed E-state index contributed by atoms with van der Waals surface area (Å²) >= 11 is 31.8. The summed E-state index contributed by atoms with van der Waals surface area (Å²) in [6, 6.07) is 31.7. The molecule has 0 bridgehead atoms. The molecule has 7 heterocycles. The minimum Gasteiger partial charge on any atom is -0.344 e. The van der Waals surface area contributed by atoms with Gasteiger partial charge in [0.25, 0.3) is 0 Å². The molecular formula is C93H66Br6F3I6N7. The van der Waals surface area contributed by atoms with Crippen LogP contribution in [0.1, 0.15) is 46.8 Å². The molecule has 0 saturated carbocycles. The highest BCUT2D eigenvalue weighted by Gasteiger charge is 2.31. The summed E-state index contributed by atoms with van der Waals surface area (Å²) in [6.07, 6.45) is -4.54. The summed E-state index contributed by atoms with van der Waals surface area (Å²) in [6.45, 7) is 1.75. The number of benzene rings is 14. The van der Waals surface area contributed by atoms with Gasteiger partial charge in [-0.2, -0.15) is 13.2 Å². The highest BCUT2D eigenvalue weighted by atomic mass is 127. The first-order valence-electron chi connectivity index (χ1n) is 46.8. The molecule has 0 aliphatic heterocycles. The second-order valence-corrected chi connectivity index (χ2v) is 37.4. The molecule has 115 heavy (non-hydrogen) atoms. The first-order chi connectivity index (χ1) is 65.7. The minimum atomic E-state index is -4.54. The molecule has 0 radical (unpaired) electrons. The summed E-state index contributed by atoms with van der Waals surface area (Å²) < 4.78 is 267. The number of aromatic nitrogens is 7. The van der Waals surface area contributed by atoms with Crippen molar-refractivity contribution in [3.8, 4) is 0 Å². The zero-order chi connectivity index (χ0) is 104. The standard InChI is InChI=1S/C15H12F3N.3C13H9Br2N.3C13H9I2N/c1-9-3-5-13-11(7-9)12-8-10(15(16,17)18)4-6-14(12)19(13)2;6*1-16-12-4-2-8(14)6-10(12)11-7-9(15)3-5-13(11)16/h3-8H,1-2H3;6*2-7H,1H3/i3D,4D;2D,3D,4D,5D,6D,7D;2D,3D,6D,7D;2D,3D;2D,3D,4D,5D,6D,7D;2D,3D,6D,7D;2D,3D. The number of halogens is 15. The SMILES string of the molecule is [2H]c1c(Br)c([2H])c2c3c([2H])c(Br)c([2H])c([2H])c3n(C)c2c1[2H].[2H]c1c(I)c([2H])c2c3c([2H])c(I)c([2H])c([2H])c3n(C)c2c1[2H].[2H]c1cc2c(c([2H])c1Br)c1c([2H])c(Br)c([2H])cc1n2C.[2H]c1cc2c(c([2H])c1I)c1c([2H])c(I)c([2H])cc1n2C.[2H]c1cc2c(cc1Br)c1cc(Br)c([2H])cc1n2C.[2H]c1cc2c(cc1C)c1cc(C(F)(F)F)c([2H])cc1n2C.[2H]c1cc2c(cc1I)c1cc(I)c([2H])cc1n2C. The van der Waals surface area contributed by atoms with Gasteiger partial charge in [0.15, 0.2) is 0 Å². The molecule has 21 aromatic rings. The van der Waals surface area contributed by atoms with Crippen molar-refractivity contribution in [1.82, 2.24) is 32.0 Å². The van der Waals surface area contributed by atoms with Crippen LogP contribution in [0, 0.1) is 28.3 Å². The molecule has 0 spiro atoms. The predicted molar refractivity (Wildman–Crippen MR) is 555 cm³/mol. The van der Waals surface area contributed by atoms with E-state index >= 15 is 0 Å². The zero-order valence-electron chi connectivity index (χ0n) is 86.5. The van der Waals surface area contributed by atoms with Crippen LogP contribution in [-0.4, -0.2) is 32.0 Å². The fourth-order valence-corrected chi connectivity index (χ4v) is 18.1. The Morgan fingerprint density at radius 1 is 0.235 bits per heavy atom. The lowest BCUT2D eigenvalue weighted by Crippen LogP contribution is -2.04. The van der Waals surface area contributed by atoms with Gasteiger partial charge in [-0.3, -0.25) is 0 Å². The molecular weight excluding hydrogens is 2510 g/mol. The van der Waals surface area contributed by atoms with Gasteiger partial charge in [0.05, 0.1) is 41.2 Å². The minimum absolute atomic E-state index is 0.0131. The molecule has 7 aromatic heterocycles. The van der Waals surface area contributed by atoms with Crippen molar-refractivity contribution in [3.63, 3.8) is 0 Å². The Bertz CT molecular complexity index is 8250. The second-order valence-electron chi connectivity index (χ2n) is 25.9. The van der Waals surface area contributed by atoms with E-state index in [9.17, 15) is 13.2 Å². The molecule has 0 amide bonds. The van der Waals surface area contributed by atoms with Crippen molar-refractivity contribution in [2.45, 2.75) is 13.1 Å². The molecule has 0 aliphatic rings. The number of fused-ring (bicyclic) bond motifs is 21. The molecule has 0 aliphatic carbocycles. The van der Waals surface area contributed by atoms with Gasteiger partial charge >= 0.3 is 6.18 Å². The molecule has 0 saturated heterocycles. The summed E-state index contributed by atoms with van der Waals surface area (Å²) in [4.78, 5) is 0. The average molecular weight is 2610 g/mol. The molecule has 7 nitrogen and oxygen atoms in total. The number of nitrogens with zero attached hydrogens (tertiary/aromatic N) is 7. The van der Waals surface area contributed by atoms with Crippen molar-refractivity contribution < 1.29 is 48.8 Å². The Kier molecular flexibility index (Phi) is 17.6. The van der Waals surface area contributed by atoms with Gasteiger partial charge in [-0.15, -0.1) is 0 Å². The van der Waals surface area contributed by atoms with E-state index in [1.54, 1.807) is 73.6 Å². The fraction of sp³-hybridized carbons (Fsp3) is 0.0968. The van der Waals surface area contributed by atoms with Crippen molar-refractivity contribution >= 4 is 384 Å². The molecule has 22 heteroatoms. The monoisotopic (exact) mass is 2600 g/mol. The summed E-state index contributed by atoms with van der Waals surface area (Å²) in [5, 5.41) is 9.84. The van der Waals surface area contributed by atoms with Gasteiger partial charge in [-0.05, 0) is 391 Å². The number of hydrogen-bond acceptors (Lipinski definition) is 0. The Morgan fingerprint density at radius 3 is 0.817 bits per heavy atom. The number of rotatable bonds is 0. The largest absolute Gasteiger partial charge is 0.416 e. The van der Waals surface area contributed by atoms with E-state index in [1.165, 1.54) is 10.6 Å². The first kappa shape index (κ1) is 57.9. The Labute approximate surface area is 830 Å². The van der Waals surface area contributed by atoms with Crippen LogP contribution in [-0.2, 0) is 55.5 Å². The van der Waals surface area contributed by atoms with Crippen LogP contribution in [0.3, 0.4) is 0 Å². The summed E-state index contributed by atoms with van der Waals surface area (Å²) in [5.41, 5.74) is 9.54. The third-order valence-electron chi connectivity index (χ3n) is 19.1. The zero-order valence-corrected chi connectivity index (χ0v) is 83.0. The van der Waals surface area contributed by atoms with Gasteiger partial charge in [0.1, 0.15) is 0 Å². The van der Waals surface area contributed by atoms with Crippen LogP contribution < -0.4 is 0 Å². The molecule has 0 N–H and O–H groups in total. The van der Waals surface area contributed by atoms with E-state index in [-0.39, 0.29) is 106 Å². The number of aryl methyl sites for hydroxylation is 8. The van der Waals surface area contributed by atoms with Crippen LogP contribution in [0.5, 0.6) is 0 Å². The van der Waals surface area contributed by atoms with Gasteiger partial charge in [-0.25, -0.2) is 0 Å². The lowest BCUT2D eigenvalue weighted by atomic mass is 10.1. The van der Waals surface area contributed by atoms with E-state index < -0.39 is 17.8 Å². The molecule has 14 aromatic carbocycles. The van der Waals surface area contributed by atoms with E-state index in [2.05, 4.69) is 157 Å².